The molecule has 1 amide bonds. The van der Waals surface area contributed by atoms with E-state index in [0.717, 1.165) is 28.3 Å². The fourth-order valence-corrected chi connectivity index (χ4v) is 4.79. The van der Waals surface area contributed by atoms with Crippen molar-refractivity contribution in [2.45, 2.75) is 12.8 Å². The Morgan fingerprint density at radius 1 is 1.03 bits per heavy atom. The van der Waals surface area contributed by atoms with Crippen LogP contribution in [0.3, 0.4) is 0 Å². The number of H-pyrrole nitrogens is 2. The molecule has 0 bridgehead atoms. The second kappa shape index (κ2) is 7.13. The summed E-state index contributed by atoms with van der Waals surface area (Å²) in [6, 6.07) is 17.7. The van der Waals surface area contributed by atoms with Crippen LogP contribution in [-0.4, -0.2) is 26.2 Å². The lowest BCUT2D eigenvalue weighted by Crippen LogP contribution is -1.93. The number of fused-ring (bicyclic) bond motifs is 1. The number of nitrogens with one attached hydrogen (secondary N) is 2. The number of nitrogens with zero attached hydrogens (tertiary/aromatic N) is 3. The highest BCUT2D eigenvalue weighted by Crippen LogP contribution is 2.38. The van der Waals surface area contributed by atoms with Crippen LogP contribution in [0.2, 0.25) is 0 Å². The Kier molecular flexibility index (Phi) is 4.22. The highest BCUT2D eigenvalue weighted by atomic mass is 79.9. The molecule has 0 saturated carbocycles. The van der Waals surface area contributed by atoms with E-state index in [4.69, 9.17) is 0 Å². The van der Waals surface area contributed by atoms with Crippen LogP contribution in [0.4, 0.5) is 5.69 Å². The number of rotatable bonds is 3. The summed E-state index contributed by atoms with van der Waals surface area (Å²) in [5, 5.41) is 28.2. The smallest absolute Gasteiger partial charge is 0.313 e. The molecule has 0 radical (unpaired) electrons. The summed E-state index contributed by atoms with van der Waals surface area (Å²) in [5.41, 5.74) is 5.49. The molecule has 156 valence electrons. The van der Waals surface area contributed by atoms with Gasteiger partial charge in [0.1, 0.15) is 5.69 Å². The van der Waals surface area contributed by atoms with Gasteiger partial charge in [-0.3, -0.25) is 9.89 Å². The Labute approximate surface area is 190 Å². The van der Waals surface area contributed by atoms with Crippen LogP contribution in [0.1, 0.15) is 21.6 Å². The van der Waals surface area contributed by atoms with Gasteiger partial charge in [-0.2, -0.15) is 5.10 Å². The molecular weight excluding hydrogens is 470 g/mol. The minimum Gasteiger partial charge on any atom is -0.493 e. The number of aromatic amines is 2. The monoisotopic (exact) mass is 485 g/mol. The summed E-state index contributed by atoms with van der Waals surface area (Å²) in [7, 11) is 0. The first-order valence-corrected chi connectivity index (χ1v) is 10.9. The van der Waals surface area contributed by atoms with Crippen LogP contribution in [0.25, 0.3) is 32.9 Å². The average Bonchev–Trinajstić information content (AvgIpc) is 3.51. The van der Waals surface area contributed by atoms with Crippen LogP contribution in [0, 0.1) is 0 Å². The quantitative estimate of drug-likeness (QED) is 0.264. The Hall–Kier alpha value is -3.78. The van der Waals surface area contributed by atoms with Crippen molar-refractivity contribution in [2.75, 3.05) is 0 Å². The van der Waals surface area contributed by atoms with E-state index in [9.17, 15) is 9.90 Å². The summed E-state index contributed by atoms with van der Waals surface area (Å²) in [6.45, 7) is 0. The lowest BCUT2D eigenvalue weighted by Gasteiger charge is -2.06. The third-order valence-corrected chi connectivity index (χ3v) is 6.41. The second-order valence-corrected chi connectivity index (χ2v) is 8.71. The summed E-state index contributed by atoms with van der Waals surface area (Å²) in [6.07, 6.45) is 2.11. The molecule has 0 spiro atoms. The van der Waals surface area contributed by atoms with Crippen LogP contribution in [0.5, 0.6) is 5.88 Å². The molecule has 0 atom stereocenters. The number of amides is 1. The molecule has 5 aromatic rings. The third kappa shape index (κ3) is 2.95. The van der Waals surface area contributed by atoms with E-state index in [1.807, 2.05) is 6.07 Å². The van der Waals surface area contributed by atoms with Crippen LogP contribution in [0.15, 0.2) is 69.3 Å². The number of hydrogen-bond donors (Lipinski definition) is 3. The summed E-state index contributed by atoms with van der Waals surface area (Å²) >= 11 is 3.40. The van der Waals surface area contributed by atoms with Gasteiger partial charge in [-0.25, -0.2) is 0 Å². The van der Waals surface area contributed by atoms with Gasteiger partial charge in [0.15, 0.2) is 5.69 Å². The highest BCUT2D eigenvalue weighted by Gasteiger charge is 2.19. The maximum Gasteiger partial charge on any atom is 0.313 e. The van der Waals surface area contributed by atoms with Crippen LogP contribution >= 0.6 is 15.9 Å². The molecule has 0 aliphatic heterocycles. The van der Waals surface area contributed by atoms with Gasteiger partial charge in [0, 0.05) is 15.4 Å². The number of carbonyl (C=O) groups excluding carboxylic acids is 1. The lowest BCUT2D eigenvalue weighted by atomic mass is 9.98. The minimum atomic E-state index is -0.571. The molecular formula is C24H16BrN5O2. The van der Waals surface area contributed by atoms with E-state index >= 15 is 0 Å². The first kappa shape index (κ1) is 18.9. The third-order valence-electron chi connectivity index (χ3n) is 5.92. The number of aromatic nitrogens is 3. The summed E-state index contributed by atoms with van der Waals surface area (Å²) < 4.78 is 0.829. The van der Waals surface area contributed by atoms with Crippen molar-refractivity contribution in [1.82, 2.24) is 15.2 Å². The molecule has 32 heavy (non-hydrogen) atoms. The number of halogens is 1. The molecule has 0 saturated heterocycles. The van der Waals surface area contributed by atoms with Crippen molar-refractivity contribution >= 4 is 49.2 Å². The number of carbonyl (C=O) groups is 1. The fraction of sp³-hybridized carbons (Fsp3) is 0.0833. The predicted octanol–water partition coefficient (Wildman–Crippen LogP) is 6.20. The maximum atomic E-state index is 12.6. The maximum absolute atomic E-state index is 12.6. The lowest BCUT2D eigenvalue weighted by molar-refractivity contribution is 0.0990. The SMILES string of the molecule is O=C(N=Nc1c(O)[nH]c2ccc(Br)cc12)c1cc(-c2ccc3c4c(cccc24)CC3)n[nH]1. The number of aryl methyl sites for hydroxylation is 2. The zero-order valence-electron chi connectivity index (χ0n) is 16.7. The molecule has 8 heteroatoms. The van der Waals surface area contributed by atoms with Gasteiger partial charge in [0.25, 0.3) is 0 Å². The second-order valence-electron chi connectivity index (χ2n) is 7.80. The largest absolute Gasteiger partial charge is 0.493 e. The molecule has 1 aliphatic carbocycles. The summed E-state index contributed by atoms with van der Waals surface area (Å²) in [4.78, 5) is 15.5. The van der Waals surface area contributed by atoms with Crippen molar-refractivity contribution in [2.24, 2.45) is 10.2 Å². The molecule has 7 nitrogen and oxygen atoms in total. The van der Waals surface area contributed by atoms with Gasteiger partial charge in [-0.1, -0.05) is 46.3 Å². The van der Waals surface area contributed by atoms with E-state index < -0.39 is 5.91 Å². The first-order valence-electron chi connectivity index (χ1n) is 10.1. The number of azo groups is 1. The highest BCUT2D eigenvalue weighted by molar-refractivity contribution is 9.10. The van der Waals surface area contributed by atoms with E-state index in [2.05, 4.69) is 71.7 Å². The molecule has 2 heterocycles. The predicted molar refractivity (Wildman–Crippen MR) is 125 cm³/mol. The Morgan fingerprint density at radius 3 is 2.75 bits per heavy atom. The first-order chi connectivity index (χ1) is 15.6. The molecule has 1 aliphatic rings. The van der Waals surface area contributed by atoms with E-state index in [1.54, 1.807) is 18.2 Å². The number of benzene rings is 3. The van der Waals surface area contributed by atoms with E-state index in [1.165, 1.54) is 16.5 Å². The van der Waals surface area contributed by atoms with Gasteiger partial charge in [0.05, 0.1) is 11.2 Å². The Morgan fingerprint density at radius 2 is 1.88 bits per heavy atom. The average molecular weight is 486 g/mol. The van der Waals surface area contributed by atoms with Gasteiger partial charge in [-0.05, 0) is 59.0 Å². The molecule has 3 N–H and O–H groups in total. The van der Waals surface area contributed by atoms with Crippen LogP contribution in [-0.2, 0) is 12.8 Å². The normalized spacial score (nSPS) is 13.0. The minimum absolute atomic E-state index is 0.146. The topological polar surface area (TPSA) is 106 Å². The van der Waals surface area contributed by atoms with Crippen molar-refractivity contribution in [1.29, 1.82) is 0 Å². The molecule has 0 fully saturated rings. The summed E-state index contributed by atoms with van der Waals surface area (Å²) in [5.74, 6) is -0.716. The van der Waals surface area contributed by atoms with Crippen LogP contribution < -0.4 is 0 Å². The van der Waals surface area contributed by atoms with E-state index in [0.29, 0.717) is 16.6 Å². The van der Waals surface area contributed by atoms with Crippen molar-refractivity contribution in [3.05, 3.63) is 75.9 Å². The van der Waals surface area contributed by atoms with Crippen molar-refractivity contribution < 1.29 is 9.90 Å². The zero-order chi connectivity index (χ0) is 21.8. The number of hydrogen-bond acceptors (Lipinski definition) is 4. The standard InChI is InChI=1S/C24H16BrN5O2/c25-14-7-9-18-17(10-14)22(24(32)26-18)29-30-23(31)20-11-19(27-28-20)15-8-6-13-5-4-12-2-1-3-16(15)21(12)13/h1-3,6-11,26,32H,4-5H2,(H,27,28). The van der Waals surface area contributed by atoms with Gasteiger partial charge >= 0.3 is 5.91 Å². The molecule has 6 rings (SSSR count). The van der Waals surface area contributed by atoms with Crippen molar-refractivity contribution in [3.8, 4) is 17.1 Å². The zero-order valence-corrected chi connectivity index (χ0v) is 18.3. The Balaban J connectivity index is 1.34. The molecule has 3 aromatic carbocycles. The van der Waals surface area contributed by atoms with E-state index in [-0.39, 0.29) is 17.3 Å². The van der Waals surface area contributed by atoms with Crippen molar-refractivity contribution in [3.63, 3.8) is 0 Å². The Bertz CT molecular complexity index is 1570. The van der Waals surface area contributed by atoms with Gasteiger partial charge in [-0.15, -0.1) is 10.2 Å². The molecule has 0 unspecified atom stereocenters. The fourth-order valence-electron chi connectivity index (χ4n) is 4.43. The number of aromatic hydroxyl groups is 1. The van der Waals surface area contributed by atoms with Gasteiger partial charge in [0.2, 0.25) is 5.88 Å². The van der Waals surface area contributed by atoms with Gasteiger partial charge < -0.3 is 10.1 Å². The molecule has 2 aromatic heterocycles.